The van der Waals surface area contributed by atoms with Gasteiger partial charge in [0, 0.05) is 12.1 Å². The van der Waals surface area contributed by atoms with Crippen molar-refractivity contribution in [2.75, 3.05) is 4.72 Å². The smallest absolute Gasteiger partial charge is 0.295 e. The first-order valence-electron chi connectivity index (χ1n) is 7.10. The summed E-state index contributed by atoms with van der Waals surface area (Å²) in [7, 11) is -3.96. The maximum Gasteiger partial charge on any atom is 0.295 e. The highest BCUT2D eigenvalue weighted by Gasteiger charge is 2.21. The van der Waals surface area contributed by atoms with E-state index in [2.05, 4.69) is 14.9 Å². The lowest BCUT2D eigenvalue weighted by atomic mass is 10.2. The minimum atomic E-state index is -3.96. The largest absolute Gasteiger partial charge is 0.438 e. The van der Waals surface area contributed by atoms with E-state index in [9.17, 15) is 12.8 Å². The molecular weight excluding hydrogens is 337 g/mol. The fourth-order valence-corrected chi connectivity index (χ4v) is 2.97. The first-order valence-corrected chi connectivity index (χ1v) is 8.59. The number of rotatable bonds is 5. The number of anilines is 1. The van der Waals surface area contributed by atoms with Crippen molar-refractivity contribution >= 4 is 15.7 Å². The molecule has 0 unspecified atom stereocenters. The van der Waals surface area contributed by atoms with Crippen LogP contribution in [-0.2, 0) is 16.4 Å². The molecule has 0 amide bonds. The molecule has 0 aliphatic rings. The average Bonchev–Trinajstić information content (AvgIpc) is 3.19. The topological polar surface area (TPSA) is 98.2 Å². The lowest BCUT2D eigenvalue weighted by Gasteiger charge is -2.06. The van der Waals surface area contributed by atoms with Crippen LogP contribution in [0.5, 0.6) is 0 Å². The number of hydrogen-bond donors (Lipinski definition) is 1. The van der Waals surface area contributed by atoms with Crippen LogP contribution in [0.15, 0.2) is 44.3 Å². The molecule has 0 aliphatic carbocycles. The van der Waals surface area contributed by atoms with Crippen LogP contribution in [0.4, 0.5) is 10.1 Å². The number of furan rings is 1. The van der Waals surface area contributed by atoms with Crippen molar-refractivity contribution in [2.45, 2.75) is 25.4 Å². The zero-order valence-corrected chi connectivity index (χ0v) is 13.7. The Bertz CT molecular complexity index is 978. The minimum Gasteiger partial charge on any atom is -0.438 e. The Morgan fingerprint density at radius 1 is 1.17 bits per heavy atom. The molecule has 0 aliphatic heterocycles. The van der Waals surface area contributed by atoms with Crippen LogP contribution >= 0.6 is 0 Å². The Labute approximate surface area is 137 Å². The Kier molecular flexibility index (Phi) is 4.10. The molecule has 9 heteroatoms. The van der Waals surface area contributed by atoms with Gasteiger partial charge in [0.05, 0.1) is 0 Å². The van der Waals surface area contributed by atoms with Crippen molar-refractivity contribution in [3.05, 3.63) is 47.6 Å². The highest BCUT2D eigenvalue weighted by Crippen LogP contribution is 2.25. The first kappa shape index (κ1) is 16.2. The van der Waals surface area contributed by atoms with Crippen LogP contribution in [0.2, 0.25) is 0 Å². The number of halogens is 1. The van der Waals surface area contributed by atoms with Gasteiger partial charge < -0.3 is 8.83 Å². The van der Waals surface area contributed by atoms with Crippen LogP contribution < -0.4 is 4.72 Å². The summed E-state index contributed by atoms with van der Waals surface area (Å²) >= 11 is 0. The molecule has 2 aromatic heterocycles. The van der Waals surface area contributed by atoms with Gasteiger partial charge in [-0.25, -0.2) is 4.39 Å². The third kappa shape index (κ3) is 3.16. The van der Waals surface area contributed by atoms with Gasteiger partial charge >= 0.3 is 0 Å². The van der Waals surface area contributed by atoms with Crippen LogP contribution in [0.3, 0.4) is 0 Å². The monoisotopic (exact) mass is 351 g/mol. The number of hydrogen-bond acceptors (Lipinski definition) is 6. The molecule has 0 radical (unpaired) electrons. The molecule has 2 heterocycles. The van der Waals surface area contributed by atoms with Crippen molar-refractivity contribution in [1.29, 1.82) is 0 Å². The quantitative estimate of drug-likeness (QED) is 0.758. The van der Waals surface area contributed by atoms with Gasteiger partial charge in [-0.2, -0.15) is 8.42 Å². The molecule has 0 spiro atoms. The van der Waals surface area contributed by atoms with E-state index >= 15 is 0 Å². The summed E-state index contributed by atoms with van der Waals surface area (Å²) in [5, 5.41) is 7.27. The second-order valence-electron chi connectivity index (χ2n) is 5.04. The summed E-state index contributed by atoms with van der Waals surface area (Å²) in [6, 6.07) is 6.62. The van der Waals surface area contributed by atoms with Gasteiger partial charge in [-0.15, -0.1) is 10.2 Å². The fourth-order valence-electron chi connectivity index (χ4n) is 1.99. The molecule has 3 rings (SSSR count). The van der Waals surface area contributed by atoms with E-state index in [-0.39, 0.29) is 22.4 Å². The second-order valence-corrected chi connectivity index (χ2v) is 6.66. The number of nitrogens with zero attached hydrogens (tertiary/aromatic N) is 2. The van der Waals surface area contributed by atoms with Gasteiger partial charge in [-0.1, -0.05) is 6.92 Å². The van der Waals surface area contributed by atoms with E-state index in [0.717, 1.165) is 0 Å². The number of benzene rings is 1. The van der Waals surface area contributed by atoms with Crippen LogP contribution in [0.25, 0.3) is 11.7 Å². The highest BCUT2D eigenvalue weighted by atomic mass is 32.2. The maximum atomic E-state index is 13.3. The van der Waals surface area contributed by atoms with Gasteiger partial charge in [0.1, 0.15) is 5.82 Å². The predicted octanol–water partition coefficient (Wildman–Crippen LogP) is 3.14. The van der Waals surface area contributed by atoms with Crippen molar-refractivity contribution in [3.8, 4) is 11.7 Å². The third-order valence-corrected chi connectivity index (χ3v) is 4.49. The zero-order chi connectivity index (χ0) is 17.3. The molecule has 0 saturated heterocycles. The van der Waals surface area contributed by atoms with Crippen molar-refractivity contribution < 1.29 is 21.6 Å². The fraction of sp³-hybridized carbons (Fsp3) is 0.200. The number of aryl methyl sites for hydroxylation is 2. The van der Waals surface area contributed by atoms with Crippen LogP contribution in [0.1, 0.15) is 18.4 Å². The lowest BCUT2D eigenvalue weighted by molar-refractivity contribution is 0.436. The normalized spacial score (nSPS) is 11.6. The number of sulfonamides is 1. The van der Waals surface area contributed by atoms with Gasteiger partial charge in [0.2, 0.25) is 11.0 Å². The Morgan fingerprint density at radius 3 is 2.62 bits per heavy atom. The summed E-state index contributed by atoms with van der Waals surface area (Å²) in [4.78, 5) is 0. The van der Waals surface area contributed by atoms with Crippen LogP contribution in [-0.4, -0.2) is 18.6 Å². The molecule has 1 aromatic carbocycles. The van der Waals surface area contributed by atoms with E-state index in [4.69, 9.17) is 8.83 Å². The molecule has 3 aromatic rings. The molecule has 0 fully saturated rings. The van der Waals surface area contributed by atoms with Gasteiger partial charge in [-0.3, -0.25) is 4.72 Å². The van der Waals surface area contributed by atoms with Crippen molar-refractivity contribution in [3.63, 3.8) is 0 Å². The zero-order valence-electron chi connectivity index (χ0n) is 12.9. The summed E-state index contributed by atoms with van der Waals surface area (Å²) in [6.45, 7) is 3.39. The molecule has 24 heavy (non-hydrogen) atoms. The van der Waals surface area contributed by atoms with Crippen LogP contribution in [0, 0.1) is 12.7 Å². The number of nitrogens with one attached hydrogen (secondary N) is 1. The van der Waals surface area contributed by atoms with E-state index in [1.807, 2.05) is 6.92 Å². The second kappa shape index (κ2) is 6.08. The molecule has 1 N–H and O–H groups in total. The molecule has 0 atom stereocenters. The van der Waals surface area contributed by atoms with E-state index in [1.165, 1.54) is 30.3 Å². The maximum absolute atomic E-state index is 13.3. The molecular formula is C15H14FN3O4S. The Morgan fingerprint density at radius 2 is 1.96 bits per heavy atom. The number of aromatic nitrogens is 2. The summed E-state index contributed by atoms with van der Waals surface area (Å²) < 4.78 is 50.9. The van der Waals surface area contributed by atoms with E-state index in [1.54, 1.807) is 6.92 Å². The van der Waals surface area contributed by atoms with Crippen molar-refractivity contribution in [2.24, 2.45) is 0 Å². The lowest BCUT2D eigenvalue weighted by Crippen LogP contribution is -2.12. The van der Waals surface area contributed by atoms with E-state index < -0.39 is 15.8 Å². The summed E-state index contributed by atoms with van der Waals surface area (Å²) in [5.74, 6) is 0.260. The predicted molar refractivity (Wildman–Crippen MR) is 83.3 cm³/mol. The summed E-state index contributed by atoms with van der Waals surface area (Å²) in [5.41, 5.74) is 0.561. The first-order chi connectivity index (χ1) is 11.4. The summed E-state index contributed by atoms with van der Waals surface area (Å²) in [6.07, 6.45) is 0.560. The molecule has 7 nitrogen and oxygen atoms in total. The Hall–Kier alpha value is -2.68. The molecule has 0 saturated carbocycles. The van der Waals surface area contributed by atoms with E-state index in [0.29, 0.717) is 17.9 Å². The standard InChI is InChI=1S/C15H14FN3O4S/c1-3-13-17-18-15(23-13)12-6-7-14(22-12)24(20,21)19-10-4-5-11(16)9(2)8-10/h4-8,19H,3H2,1-2H3. The van der Waals surface area contributed by atoms with Gasteiger partial charge in [0.25, 0.3) is 15.9 Å². The highest BCUT2D eigenvalue weighted by molar-refractivity contribution is 7.92. The van der Waals surface area contributed by atoms with Gasteiger partial charge in [-0.05, 0) is 42.8 Å². The molecule has 126 valence electrons. The SMILES string of the molecule is CCc1nnc(-c2ccc(S(=O)(=O)Nc3ccc(F)c(C)c3)o2)o1. The Balaban J connectivity index is 1.86. The van der Waals surface area contributed by atoms with Crippen molar-refractivity contribution in [1.82, 2.24) is 10.2 Å². The third-order valence-electron chi connectivity index (χ3n) is 3.24. The molecule has 0 bridgehead atoms. The average molecular weight is 351 g/mol. The van der Waals surface area contributed by atoms with Gasteiger partial charge in [0.15, 0.2) is 5.76 Å². The minimum absolute atomic E-state index is 0.103.